The van der Waals surface area contributed by atoms with E-state index in [1.165, 1.54) is 37.8 Å². The van der Waals surface area contributed by atoms with Crippen LogP contribution in [0.4, 0.5) is 17.4 Å². The second-order valence-electron chi connectivity index (χ2n) is 9.38. The first-order valence-electron chi connectivity index (χ1n) is 11.6. The smallest absolute Gasteiger partial charge is 0.303 e. The lowest BCUT2D eigenvalue weighted by Crippen LogP contribution is -2.57. The van der Waals surface area contributed by atoms with E-state index in [2.05, 4.69) is 51.0 Å². The van der Waals surface area contributed by atoms with Crippen LogP contribution in [0.5, 0.6) is 0 Å². The van der Waals surface area contributed by atoms with Gasteiger partial charge in [0.1, 0.15) is 5.52 Å². The van der Waals surface area contributed by atoms with Crippen molar-refractivity contribution in [2.45, 2.75) is 50.2 Å². The monoisotopic (exact) mass is 431 g/mol. The molecule has 2 bridgehead atoms. The van der Waals surface area contributed by atoms with Crippen LogP contribution in [0.2, 0.25) is 0 Å². The Morgan fingerprint density at radius 3 is 2.50 bits per heavy atom. The SMILES string of the molecule is CN1C2CCCC1CC(N1CCN(c3nc4c(C(N)=O)cccc4o3)c3ccccc31)C2. The predicted molar refractivity (Wildman–Crippen MR) is 126 cm³/mol. The number of benzene rings is 2. The van der Waals surface area contributed by atoms with Crippen molar-refractivity contribution >= 4 is 34.4 Å². The molecule has 0 radical (unpaired) electrons. The number of anilines is 3. The fourth-order valence-electron chi connectivity index (χ4n) is 6.05. The summed E-state index contributed by atoms with van der Waals surface area (Å²) in [6.45, 7) is 1.71. The van der Waals surface area contributed by atoms with Gasteiger partial charge in [-0.15, -0.1) is 0 Å². The van der Waals surface area contributed by atoms with E-state index in [4.69, 9.17) is 10.2 Å². The van der Waals surface area contributed by atoms with Gasteiger partial charge in [0.2, 0.25) is 0 Å². The molecule has 2 unspecified atom stereocenters. The number of carbonyl (C=O) groups is 1. The minimum Gasteiger partial charge on any atom is -0.423 e. The minimum absolute atomic E-state index is 0.391. The van der Waals surface area contributed by atoms with Crippen LogP contribution in [0, 0.1) is 0 Å². The number of piperidine rings is 2. The van der Waals surface area contributed by atoms with Gasteiger partial charge in [0.05, 0.1) is 16.9 Å². The molecule has 0 spiro atoms. The van der Waals surface area contributed by atoms with Crippen LogP contribution in [0.15, 0.2) is 46.9 Å². The van der Waals surface area contributed by atoms with E-state index in [0.29, 0.717) is 40.8 Å². The first-order chi connectivity index (χ1) is 15.6. The summed E-state index contributed by atoms with van der Waals surface area (Å²) in [6, 6.07) is 16.3. The highest BCUT2D eigenvalue weighted by molar-refractivity contribution is 6.04. The number of carbonyl (C=O) groups excluding carboxylic acids is 1. The molecule has 4 heterocycles. The Bertz CT molecular complexity index is 1160. The van der Waals surface area contributed by atoms with Crippen molar-refractivity contribution in [3.8, 4) is 0 Å². The van der Waals surface area contributed by atoms with Gasteiger partial charge in [-0.1, -0.05) is 24.6 Å². The van der Waals surface area contributed by atoms with E-state index >= 15 is 0 Å². The summed E-state index contributed by atoms with van der Waals surface area (Å²) in [6.07, 6.45) is 6.45. The zero-order chi connectivity index (χ0) is 21.8. The third-order valence-corrected chi connectivity index (χ3v) is 7.71. The lowest BCUT2D eigenvalue weighted by Gasteiger charge is -2.51. The van der Waals surface area contributed by atoms with Crippen LogP contribution in [0.1, 0.15) is 42.5 Å². The maximum Gasteiger partial charge on any atom is 0.303 e. The van der Waals surface area contributed by atoms with Crippen molar-refractivity contribution in [2.24, 2.45) is 5.73 Å². The summed E-state index contributed by atoms with van der Waals surface area (Å²) in [5.74, 6) is -0.492. The van der Waals surface area contributed by atoms with Gasteiger partial charge in [-0.25, -0.2) is 0 Å². The standard InChI is InChI=1S/C25H29N5O2/c1-28-16-6-4-7-17(28)15-18(14-16)29-12-13-30(21-10-3-2-9-20(21)29)25-27-23-19(24(26)31)8-5-11-22(23)32-25/h2-3,5,8-11,16-18H,4,6-7,12-15H2,1H3,(H2,26,31). The number of amides is 1. The fourth-order valence-corrected chi connectivity index (χ4v) is 6.05. The first kappa shape index (κ1) is 19.6. The molecule has 1 aromatic heterocycles. The predicted octanol–water partition coefficient (Wildman–Crippen LogP) is 3.90. The first-order valence-corrected chi connectivity index (χ1v) is 11.6. The lowest BCUT2D eigenvalue weighted by molar-refractivity contribution is 0.0549. The summed E-state index contributed by atoms with van der Waals surface area (Å²) >= 11 is 0. The molecule has 7 nitrogen and oxygen atoms in total. The van der Waals surface area contributed by atoms with Crippen molar-refractivity contribution in [3.05, 3.63) is 48.0 Å². The van der Waals surface area contributed by atoms with Gasteiger partial charge < -0.3 is 20.0 Å². The Morgan fingerprint density at radius 1 is 1.00 bits per heavy atom. The molecular formula is C25H29N5O2. The number of primary amides is 1. The zero-order valence-electron chi connectivity index (χ0n) is 18.4. The van der Waals surface area contributed by atoms with E-state index < -0.39 is 5.91 Å². The topological polar surface area (TPSA) is 78.8 Å². The Hall–Kier alpha value is -3.06. The van der Waals surface area contributed by atoms with Gasteiger partial charge in [-0.05, 0) is 57.0 Å². The third kappa shape index (κ3) is 3.06. The van der Waals surface area contributed by atoms with E-state index in [-0.39, 0.29) is 0 Å². The van der Waals surface area contributed by atoms with Crippen LogP contribution in [0.3, 0.4) is 0 Å². The van der Waals surface area contributed by atoms with Crippen molar-refractivity contribution < 1.29 is 9.21 Å². The van der Waals surface area contributed by atoms with E-state index in [1.807, 2.05) is 6.07 Å². The number of nitrogens with zero attached hydrogens (tertiary/aromatic N) is 4. The molecule has 0 saturated carbocycles. The molecule has 7 heteroatoms. The van der Waals surface area contributed by atoms with Crippen molar-refractivity contribution in [2.75, 3.05) is 29.9 Å². The van der Waals surface area contributed by atoms with Gasteiger partial charge in [-0.3, -0.25) is 9.69 Å². The molecule has 166 valence electrons. The zero-order valence-corrected chi connectivity index (χ0v) is 18.4. The van der Waals surface area contributed by atoms with Crippen LogP contribution in [-0.4, -0.2) is 54.1 Å². The van der Waals surface area contributed by atoms with Crippen LogP contribution >= 0.6 is 0 Å². The molecule has 3 aromatic rings. The Labute approximate surface area is 187 Å². The van der Waals surface area contributed by atoms with E-state index in [1.54, 1.807) is 12.1 Å². The highest BCUT2D eigenvalue weighted by Gasteiger charge is 2.40. The van der Waals surface area contributed by atoms with E-state index in [9.17, 15) is 4.79 Å². The van der Waals surface area contributed by atoms with Crippen LogP contribution in [0.25, 0.3) is 11.1 Å². The molecule has 2 atom stereocenters. The highest BCUT2D eigenvalue weighted by atomic mass is 16.4. The van der Waals surface area contributed by atoms with Gasteiger partial charge in [-0.2, -0.15) is 4.98 Å². The molecule has 6 rings (SSSR count). The number of hydrogen-bond donors (Lipinski definition) is 1. The molecule has 32 heavy (non-hydrogen) atoms. The second-order valence-corrected chi connectivity index (χ2v) is 9.38. The Balaban J connectivity index is 1.35. The minimum atomic E-state index is -0.492. The van der Waals surface area contributed by atoms with Crippen LogP contribution in [-0.2, 0) is 0 Å². The number of nitrogens with two attached hydrogens (primary N) is 1. The molecule has 3 aliphatic rings. The lowest BCUT2D eigenvalue weighted by atomic mass is 9.81. The molecular weight excluding hydrogens is 402 g/mol. The van der Waals surface area contributed by atoms with Crippen molar-refractivity contribution in [1.82, 2.24) is 9.88 Å². The number of para-hydroxylation sites is 3. The largest absolute Gasteiger partial charge is 0.423 e. The maximum atomic E-state index is 11.8. The number of rotatable bonds is 3. The average Bonchev–Trinajstić information content (AvgIpc) is 3.22. The summed E-state index contributed by atoms with van der Waals surface area (Å²) in [5, 5.41) is 0. The van der Waals surface area contributed by atoms with E-state index in [0.717, 1.165) is 18.8 Å². The maximum absolute atomic E-state index is 11.8. The second kappa shape index (κ2) is 7.52. The third-order valence-electron chi connectivity index (χ3n) is 7.71. The normalized spacial score (nSPS) is 25.7. The van der Waals surface area contributed by atoms with Gasteiger partial charge in [0, 0.05) is 31.2 Å². The summed E-state index contributed by atoms with van der Waals surface area (Å²) in [7, 11) is 2.31. The number of oxazole rings is 1. The van der Waals surface area contributed by atoms with Gasteiger partial charge in [0.15, 0.2) is 5.58 Å². The van der Waals surface area contributed by atoms with Gasteiger partial charge in [0.25, 0.3) is 5.91 Å². The van der Waals surface area contributed by atoms with Crippen molar-refractivity contribution in [1.29, 1.82) is 0 Å². The molecule has 2 N–H and O–H groups in total. The number of aromatic nitrogens is 1. The molecule has 2 fully saturated rings. The molecule has 3 aliphatic heterocycles. The Morgan fingerprint density at radius 2 is 1.75 bits per heavy atom. The van der Waals surface area contributed by atoms with Crippen molar-refractivity contribution in [3.63, 3.8) is 0 Å². The van der Waals surface area contributed by atoms with Crippen LogP contribution < -0.4 is 15.5 Å². The fraction of sp³-hybridized carbons (Fsp3) is 0.440. The molecule has 1 amide bonds. The summed E-state index contributed by atoms with van der Waals surface area (Å²) in [4.78, 5) is 23.9. The Kier molecular flexibility index (Phi) is 4.61. The molecule has 0 aliphatic carbocycles. The quantitative estimate of drug-likeness (QED) is 0.678. The average molecular weight is 432 g/mol. The number of fused-ring (bicyclic) bond motifs is 4. The molecule has 2 saturated heterocycles. The summed E-state index contributed by atoms with van der Waals surface area (Å²) in [5.41, 5.74) is 9.39. The molecule has 2 aromatic carbocycles. The summed E-state index contributed by atoms with van der Waals surface area (Å²) < 4.78 is 6.09. The highest BCUT2D eigenvalue weighted by Crippen LogP contribution is 2.43. The van der Waals surface area contributed by atoms with Gasteiger partial charge >= 0.3 is 6.01 Å². The number of hydrogen-bond acceptors (Lipinski definition) is 6.